The van der Waals surface area contributed by atoms with E-state index in [1.165, 1.54) is 26.4 Å². The van der Waals surface area contributed by atoms with Crippen LogP contribution in [0.1, 0.15) is 26.3 Å². The molecule has 3 rings (SSSR count). The van der Waals surface area contributed by atoms with Crippen molar-refractivity contribution >= 4 is 17.8 Å². The van der Waals surface area contributed by atoms with Crippen LogP contribution in [-0.2, 0) is 16.1 Å². The summed E-state index contributed by atoms with van der Waals surface area (Å²) >= 11 is 0. The summed E-state index contributed by atoms with van der Waals surface area (Å²) in [6, 6.07) is 11.2. The second-order valence-corrected chi connectivity index (χ2v) is 5.31. The molecule has 25 heavy (non-hydrogen) atoms. The quantitative estimate of drug-likeness (QED) is 0.774. The second-order valence-electron chi connectivity index (χ2n) is 5.31. The van der Waals surface area contributed by atoms with Crippen LogP contribution in [0.5, 0.6) is 11.5 Å². The highest BCUT2D eigenvalue weighted by Crippen LogP contribution is 2.25. The normalized spacial score (nSPS) is 12.8. The average Bonchev–Trinajstić information content (AvgIpc) is 2.86. The number of hydrogen-bond acceptors (Lipinski definition) is 6. The number of carbonyl (C=O) groups is 3. The molecule has 2 amide bonds. The summed E-state index contributed by atoms with van der Waals surface area (Å²) in [4.78, 5) is 41.5. The Morgan fingerprint density at radius 2 is 1.44 bits per heavy atom. The molecule has 2 aromatic rings. The first-order valence-corrected chi connectivity index (χ1v) is 7.44. The zero-order valence-electron chi connectivity index (χ0n) is 13.6. The third-order valence-electron chi connectivity index (χ3n) is 3.71. The average molecular weight is 341 g/mol. The first-order chi connectivity index (χ1) is 12.0. The van der Waals surface area contributed by atoms with Gasteiger partial charge in [-0.15, -0.1) is 0 Å². The molecule has 1 aliphatic rings. The molecule has 1 heterocycles. The van der Waals surface area contributed by atoms with Crippen LogP contribution in [0, 0.1) is 0 Å². The van der Waals surface area contributed by atoms with Gasteiger partial charge in [0.1, 0.15) is 11.5 Å². The summed E-state index contributed by atoms with van der Waals surface area (Å²) in [7, 11) is 2.99. The number of benzene rings is 2. The van der Waals surface area contributed by atoms with Crippen molar-refractivity contribution in [2.24, 2.45) is 0 Å². The zero-order valence-corrected chi connectivity index (χ0v) is 13.6. The minimum atomic E-state index is -0.746. The van der Waals surface area contributed by atoms with Crippen LogP contribution in [0.25, 0.3) is 0 Å². The number of imide groups is 1. The number of carbonyl (C=O) groups excluding carboxylic acids is 3. The lowest BCUT2D eigenvalue weighted by atomic mass is 10.1. The molecule has 0 N–H and O–H groups in total. The van der Waals surface area contributed by atoms with Gasteiger partial charge in [0.2, 0.25) is 0 Å². The number of amides is 2. The third kappa shape index (κ3) is 3.16. The Kier molecular flexibility index (Phi) is 4.38. The Labute approximate surface area is 143 Å². The van der Waals surface area contributed by atoms with E-state index in [9.17, 15) is 14.4 Å². The van der Waals surface area contributed by atoms with E-state index in [4.69, 9.17) is 14.3 Å². The number of methoxy groups -OCH3 is 2. The lowest BCUT2D eigenvalue weighted by Gasteiger charge is -2.13. The number of fused-ring (bicyclic) bond motifs is 1. The topological polar surface area (TPSA) is 82.1 Å². The van der Waals surface area contributed by atoms with Gasteiger partial charge < -0.3 is 14.3 Å². The highest BCUT2D eigenvalue weighted by atomic mass is 16.7. The van der Waals surface area contributed by atoms with E-state index >= 15 is 0 Å². The van der Waals surface area contributed by atoms with E-state index in [-0.39, 0.29) is 17.5 Å². The van der Waals surface area contributed by atoms with Gasteiger partial charge in [0.15, 0.2) is 0 Å². The number of nitrogens with zero attached hydrogens (tertiary/aromatic N) is 1. The van der Waals surface area contributed by atoms with E-state index in [0.29, 0.717) is 22.1 Å². The van der Waals surface area contributed by atoms with Crippen molar-refractivity contribution in [2.45, 2.75) is 6.42 Å². The molecule has 0 aliphatic carbocycles. The van der Waals surface area contributed by atoms with Crippen LogP contribution in [0.2, 0.25) is 0 Å². The maximum Gasteiger partial charge on any atom is 0.337 e. The highest BCUT2D eigenvalue weighted by molar-refractivity contribution is 6.20. The predicted molar refractivity (Wildman–Crippen MR) is 86.3 cm³/mol. The van der Waals surface area contributed by atoms with Crippen molar-refractivity contribution in [1.82, 2.24) is 5.06 Å². The van der Waals surface area contributed by atoms with Crippen LogP contribution in [0.15, 0.2) is 42.5 Å². The van der Waals surface area contributed by atoms with Gasteiger partial charge in [0.05, 0.1) is 31.8 Å². The van der Waals surface area contributed by atoms with Gasteiger partial charge >= 0.3 is 5.97 Å². The van der Waals surface area contributed by atoms with Gasteiger partial charge in [0, 0.05) is 6.07 Å². The van der Waals surface area contributed by atoms with Crippen molar-refractivity contribution in [3.63, 3.8) is 0 Å². The zero-order chi connectivity index (χ0) is 18.0. The molecule has 0 unspecified atom stereocenters. The molecule has 0 radical (unpaired) electrons. The molecule has 0 spiro atoms. The predicted octanol–water partition coefficient (Wildman–Crippen LogP) is 2.00. The third-order valence-corrected chi connectivity index (χ3v) is 3.71. The lowest BCUT2D eigenvalue weighted by Crippen LogP contribution is -2.33. The summed E-state index contributed by atoms with van der Waals surface area (Å²) < 4.78 is 10.3. The molecule has 128 valence electrons. The summed E-state index contributed by atoms with van der Waals surface area (Å²) in [5.74, 6) is -1.02. The largest absolute Gasteiger partial charge is 0.497 e. The molecule has 0 aromatic heterocycles. The van der Waals surface area contributed by atoms with Crippen molar-refractivity contribution in [1.29, 1.82) is 0 Å². The van der Waals surface area contributed by atoms with E-state index in [1.807, 2.05) is 0 Å². The fourth-order valence-corrected chi connectivity index (χ4v) is 2.52. The molecule has 0 fully saturated rings. The fourth-order valence-electron chi connectivity index (χ4n) is 2.52. The van der Waals surface area contributed by atoms with E-state index < -0.39 is 17.8 Å². The SMILES string of the molecule is COc1cc(CC(=O)ON2C(=O)c3ccccc3C2=O)cc(OC)c1. The van der Waals surface area contributed by atoms with Crippen molar-refractivity contribution < 1.29 is 28.7 Å². The van der Waals surface area contributed by atoms with Gasteiger partial charge in [-0.1, -0.05) is 17.2 Å². The van der Waals surface area contributed by atoms with Gasteiger partial charge in [-0.2, -0.15) is 0 Å². The Hall–Kier alpha value is -3.35. The standard InChI is InChI=1S/C18H15NO6/c1-23-12-7-11(8-13(10-12)24-2)9-16(20)25-19-17(21)14-5-3-4-6-15(14)18(19)22/h3-8,10H,9H2,1-2H3. The minimum Gasteiger partial charge on any atom is -0.497 e. The molecule has 7 nitrogen and oxygen atoms in total. The number of rotatable bonds is 5. The maximum absolute atomic E-state index is 12.2. The molecule has 0 saturated carbocycles. The monoisotopic (exact) mass is 341 g/mol. The molecular weight excluding hydrogens is 326 g/mol. The Morgan fingerprint density at radius 3 is 1.92 bits per heavy atom. The van der Waals surface area contributed by atoms with Crippen molar-refractivity contribution in [3.8, 4) is 11.5 Å². The van der Waals surface area contributed by atoms with Gasteiger partial charge in [0.25, 0.3) is 11.8 Å². The van der Waals surface area contributed by atoms with E-state index in [2.05, 4.69) is 0 Å². The molecule has 0 bridgehead atoms. The Morgan fingerprint density at radius 1 is 0.920 bits per heavy atom. The van der Waals surface area contributed by atoms with Gasteiger partial charge in [-0.25, -0.2) is 4.79 Å². The van der Waals surface area contributed by atoms with Crippen molar-refractivity contribution in [3.05, 3.63) is 59.2 Å². The first-order valence-electron chi connectivity index (χ1n) is 7.44. The molecule has 2 aromatic carbocycles. The highest BCUT2D eigenvalue weighted by Gasteiger charge is 2.38. The molecule has 0 atom stereocenters. The molecule has 0 saturated heterocycles. The second kappa shape index (κ2) is 6.64. The lowest BCUT2D eigenvalue weighted by molar-refractivity contribution is -0.167. The Balaban J connectivity index is 1.74. The summed E-state index contributed by atoms with van der Waals surface area (Å²) in [5, 5.41) is 0.490. The first kappa shape index (κ1) is 16.5. The van der Waals surface area contributed by atoms with Crippen LogP contribution in [-0.4, -0.2) is 37.1 Å². The van der Waals surface area contributed by atoms with Crippen LogP contribution in [0.3, 0.4) is 0 Å². The summed E-state index contributed by atoms with van der Waals surface area (Å²) in [6.45, 7) is 0. The smallest absolute Gasteiger partial charge is 0.337 e. The summed E-state index contributed by atoms with van der Waals surface area (Å²) in [6.07, 6.45) is -0.152. The van der Waals surface area contributed by atoms with E-state index in [1.54, 1.807) is 30.3 Å². The number of hydrogen-bond donors (Lipinski definition) is 0. The van der Waals surface area contributed by atoms with Gasteiger partial charge in [-0.05, 0) is 29.8 Å². The maximum atomic E-state index is 12.2. The van der Waals surface area contributed by atoms with Gasteiger partial charge in [-0.3, -0.25) is 9.59 Å². The summed E-state index contributed by atoms with van der Waals surface area (Å²) in [5.41, 5.74) is 0.990. The number of hydroxylamine groups is 2. The fraction of sp³-hybridized carbons (Fsp3) is 0.167. The number of ether oxygens (including phenoxy) is 2. The van der Waals surface area contributed by atoms with E-state index in [0.717, 1.165) is 0 Å². The Bertz CT molecular complexity index is 803. The molecular formula is C18H15NO6. The minimum absolute atomic E-state index is 0.152. The van der Waals surface area contributed by atoms with Crippen LogP contribution in [0.4, 0.5) is 0 Å². The molecule has 1 aliphatic heterocycles. The molecule has 7 heteroatoms. The van der Waals surface area contributed by atoms with Crippen molar-refractivity contribution in [2.75, 3.05) is 14.2 Å². The van der Waals surface area contributed by atoms with Crippen LogP contribution >= 0.6 is 0 Å². The van der Waals surface area contributed by atoms with Crippen LogP contribution < -0.4 is 9.47 Å².